The summed E-state index contributed by atoms with van der Waals surface area (Å²) in [4.78, 5) is 0. The lowest BCUT2D eigenvalue weighted by Crippen LogP contribution is -2.22. The second kappa shape index (κ2) is 5.02. The van der Waals surface area contributed by atoms with Gasteiger partial charge in [0.1, 0.15) is 0 Å². The van der Waals surface area contributed by atoms with Crippen molar-refractivity contribution in [2.75, 3.05) is 6.61 Å². The van der Waals surface area contributed by atoms with E-state index in [-0.39, 0.29) is 6.04 Å². The molecule has 0 aromatic heterocycles. The van der Waals surface area contributed by atoms with Crippen molar-refractivity contribution in [3.05, 3.63) is 35.4 Å². The number of hydrogen-bond donors (Lipinski definition) is 1. The Bertz CT molecular complexity index is 413. The molecule has 0 amide bonds. The summed E-state index contributed by atoms with van der Waals surface area (Å²) in [5, 5.41) is 0. The molecular weight excluding hydrogens is 222 g/mol. The van der Waals surface area contributed by atoms with Crippen LogP contribution >= 0.6 is 0 Å². The number of benzene rings is 1. The van der Waals surface area contributed by atoms with E-state index in [4.69, 9.17) is 10.5 Å². The van der Waals surface area contributed by atoms with Gasteiger partial charge in [-0.1, -0.05) is 30.7 Å². The van der Waals surface area contributed by atoms with Crippen molar-refractivity contribution in [2.24, 2.45) is 11.7 Å². The van der Waals surface area contributed by atoms with Crippen LogP contribution in [0.3, 0.4) is 0 Å². The van der Waals surface area contributed by atoms with Crippen molar-refractivity contribution in [3.8, 4) is 0 Å². The topological polar surface area (TPSA) is 35.2 Å². The smallest absolute Gasteiger partial charge is 0.0551 e. The predicted molar refractivity (Wildman–Crippen MR) is 73.5 cm³/mol. The van der Waals surface area contributed by atoms with Gasteiger partial charge in [0.25, 0.3) is 0 Å². The largest absolute Gasteiger partial charge is 0.378 e. The maximum atomic E-state index is 6.41. The van der Waals surface area contributed by atoms with E-state index in [1.807, 2.05) is 0 Å². The molecule has 1 aliphatic heterocycles. The molecule has 2 aliphatic rings. The van der Waals surface area contributed by atoms with Crippen LogP contribution in [0, 0.1) is 5.92 Å². The van der Waals surface area contributed by atoms with E-state index in [2.05, 4.69) is 31.2 Å². The lowest BCUT2D eigenvalue weighted by Gasteiger charge is -2.27. The summed E-state index contributed by atoms with van der Waals surface area (Å²) in [5.74, 6) is 1.27. The van der Waals surface area contributed by atoms with Gasteiger partial charge >= 0.3 is 0 Å². The minimum absolute atomic E-state index is 0.134. The Labute approximate surface area is 110 Å². The van der Waals surface area contributed by atoms with Gasteiger partial charge in [-0.2, -0.15) is 0 Å². The summed E-state index contributed by atoms with van der Waals surface area (Å²) >= 11 is 0. The zero-order chi connectivity index (χ0) is 12.5. The van der Waals surface area contributed by atoms with E-state index in [1.165, 1.54) is 30.4 Å². The molecule has 1 aromatic carbocycles. The Morgan fingerprint density at radius 3 is 2.78 bits per heavy atom. The average Bonchev–Trinajstić information content (AvgIpc) is 2.73. The van der Waals surface area contributed by atoms with Gasteiger partial charge in [0.05, 0.1) is 12.7 Å². The molecule has 1 saturated carbocycles. The van der Waals surface area contributed by atoms with Gasteiger partial charge in [-0.15, -0.1) is 0 Å². The molecular formula is C16H23NO. The van der Waals surface area contributed by atoms with Crippen molar-refractivity contribution in [2.45, 2.75) is 50.7 Å². The molecule has 1 aromatic rings. The quantitative estimate of drug-likeness (QED) is 0.886. The third-order valence-corrected chi connectivity index (χ3v) is 4.61. The summed E-state index contributed by atoms with van der Waals surface area (Å²) < 4.78 is 5.64. The van der Waals surface area contributed by atoms with Gasteiger partial charge in [0.15, 0.2) is 0 Å². The summed E-state index contributed by atoms with van der Waals surface area (Å²) in [6.45, 7) is 2.95. The molecule has 3 unspecified atom stereocenters. The summed E-state index contributed by atoms with van der Waals surface area (Å²) in [5.41, 5.74) is 9.19. The molecule has 1 saturated heterocycles. The first kappa shape index (κ1) is 12.2. The van der Waals surface area contributed by atoms with Crippen molar-refractivity contribution < 1.29 is 4.74 Å². The molecule has 18 heavy (non-hydrogen) atoms. The van der Waals surface area contributed by atoms with Gasteiger partial charge in [0.2, 0.25) is 0 Å². The fourth-order valence-electron chi connectivity index (χ4n) is 3.13. The fraction of sp³-hybridized carbons (Fsp3) is 0.625. The highest BCUT2D eigenvalue weighted by molar-refractivity contribution is 5.30. The van der Waals surface area contributed by atoms with E-state index in [9.17, 15) is 0 Å². The maximum absolute atomic E-state index is 6.41. The molecule has 1 heterocycles. The lowest BCUT2D eigenvalue weighted by atomic mass is 9.79. The highest BCUT2D eigenvalue weighted by atomic mass is 16.5. The second-order valence-electron chi connectivity index (χ2n) is 5.96. The van der Waals surface area contributed by atoms with Crippen LogP contribution in [0.2, 0.25) is 0 Å². The minimum atomic E-state index is 0.134. The van der Waals surface area contributed by atoms with Crippen LogP contribution in [0.1, 0.15) is 55.7 Å². The molecule has 2 fully saturated rings. The van der Waals surface area contributed by atoms with Crippen LogP contribution in [0.4, 0.5) is 0 Å². The molecule has 0 bridgehead atoms. The molecule has 2 heteroatoms. The summed E-state index contributed by atoms with van der Waals surface area (Å²) in [6.07, 6.45) is 5.55. The monoisotopic (exact) mass is 245 g/mol. The molecule has 98 valence electrons. The van der Waals surface area contributed by atoms with Gasteiger partial charge in [-0.05, 0) is 43.2 Å². The van der Waals surface area contributed by atoms with Crippen LogP contribution in [0.15, 0.2) is 24.3 Å². The van der Waals surface area contributed by atoms with Crippen molar-refractivity contribution in [3.63, 3.8) is 0 Å². The van der Waals surface area contributed by atoms with Gasteiger partial charge in [-0.25, -0.2) is 0 Å². The van der Waals surface area contributed by atoms with Gasteiger partial charge in [0, 0.05) is 12.0 Å². The molecule has 0 radical (unpaired) electrons. The van der Waals surface area contributed by atoms with Crippen molar-refractivity contribution in [1.82, 2.24) is 0 Å². The van der Waals surface area contributed by atoms with Crippen LogP contribution in [-0.2, 0) is 4.74 Å². The van der Waals surface area contributed by atoms with E-state index in [0.717, 1.165) is 18.9 Å². The Kier molecular flexibility index (Phi) is 3.40. The first-order valence-electron chi connectivity index (χ1n) is 7.21. The molecule has 2 nitrogen and oxygen atoms in total. The van der Waals surface area contributed by atoms with Crippen LogP contribution in [-0.4, -0.2) is 12.7 Å². The Balaban J connectivity index is 1.74. The predicted octanol–water partition coefficient (Wildman–Crippen LogP) is 3.38. The Morgan fingerprint density at radius 2 is 2.17 bits per heavy atom. The normalized spacial score (nSPS) is 30.1. The van der Waals surface area contributed by atoms with Crippen molar-refractivity contribution >= 4 is 0 Å². The maximum Gasteiger partial charge on any atom is 0.0551 e. The van der Waals surface area contributed by atoms with E-state index in [1.54, 1.807) is 0 Å². The van der Waals surface area contributed by atoms with E-state index in [0.29, 0.717) is 12.0 Å². The minimum Gasteiger partial charge on any atom is -0.378 e. The number of ether oxygens (including phenoxy) is 1. The third-order valence-electron chi connectivity index (χ3n) is 4.61. The molecule has 0 spiro atoms. The van der Waals surface area contributed by atoms with E-state index < -0.39 is 0 Å². The zero-order valence-corrected chi connectivity index (χ0v) is 11.1. The molecule has 3 atom stereocenters. The first-order valence-corrected chi connectivity index (χ1v) is 7.21. The molecule has 2 N–H and O–H groups in total. The Hall–Kier alpha value is -0.860. The average molecular weight is 245 g/mol. The van der Waals surface area contributed by atoms with Gasteiger partial charge in [-0.3, -0.25) is 0 Å². The summed E-state index contributed by atoms with van der Waals surface area (Å²) in [6, 6.07) is 9.07. The lowest BCUT2D eigenvalue weighted by molar-refractivity contribution is 0.118. The standard InChI is InChI=1S/C16H23NO/c1-11-8-15(10-18-11)16(17)14-7-3-6-13(9-14)12-4-2-5-12/h3,6-7,9,11-12,15-16H,2,4-5,8,10,17H2,1H3. The van der Waals surface area contributed by atoms with Crippen LogP contribution in [0.5, 0.6) is 0 Å². The number of hydrogen-bond acceptors (Lipinski definition) is 2. The zero-order valence-electron chi connectivity index (χ0n) is 11.1. The molecule has 3 rings (SSSR count). The molecule has 1 aliphatic carbocycles. The van der Waals surface area contributed by atoms with E-state index >= 15 is 0 Å². The van der Waals surface area contributed by atoms with Crippen LogP contribution in [0.25, 0.3) is 0 Å². The second-order valence-corrected chi connectivity index (χ2v) is 5.96. The number of nitrogens with two attached hydrogens (primary N) is 1. The highest BCUT2D eigenvalue weighted by Crippen LogP contribution is 2.38. The third kappa shape index (κ3) is 2.32. The van der Waals surface area contributed by atoms with Crippen molar-refractivity contribution in [1.29, 1.82) is 0 Å². The van der Waals surface area contributed by atoms with Gasteiger partial charge < -0.3 is 10.5 Å². The Morgan fingerprint density at radius 1 is 1.33 bits per heavy atom. The number of rotatable bonds is 3. The summed E-state index contributed by atoms with van der Waals surface area (Å²) in [7, 11) is 0. The highest BCUT2D eigenvalue weighted by Gasteiger charge is 2.29. The first-order chi connectivity index (χ1) is 8.74. The fourth-order valence-corrected chi connectivity index (χ4v) is 3.13. The van der Waals surface area contributed by atoms with Crippen LogP contribution < -0.4 is 5.73 Å². The SMILES string of the molecule is CC1CC(C(N)c2cccc(C3CCC3)c2)CO1.